The molecular formula is C14H8ClF4NO. The van der Waals surface area contributed by atoms with Crippen LogP contribution in [0.2, 0.25) is 5.02 Å². The number of carbonyl (C=O) groups excluding carboxylic acids is 1. The second kappa shape index (κ2) is 5.73. The van der Waals surface area contributed by atoms with Gasteiger partial charge in [-0.05, 0) is 30.7 Å². The summed E-state index contributed by atoms with van der Waals surface area (Å²) in [6, 6.07) is 4.86. The molecule has 0 spiro atoms. The number of amides is 1. The van der Waals surface area contributed by atoms with Gasteiger partial charge in [0.2, 0.25) is 0 Å². The van der Waals surface area contributed by atoms with E-state index < -0.39 is 34.7 Å². The molecule has 1 amide bonds. The molecule has 0 heterocycles. The number of anilines is 1. The molecule has 0 aliphatic heterocycles. The van der Waals surface area contributed by atoms with E-state index in [1.165, 1.54) is 6.07 Å². The fourth-order valence-electron chi connectivity index (χ4n) is 1.66. The lowest BCUT2D eigenvalue weighted by atomic mass is 10.1. The van der Waals surface area contributed by atoms with Crippen molar-refractivity contribution >= 4 is 23.2 Å². The first-order valence-electron chi connectivity index (χ1n) is 5.71. The quantitative estimate of drug-likeness (QED) is 0.494. The summed E-state index contributed by atoms with van der Waals surface area (Å²) in [5, 5.41) is 2.58. The molecule has 0 aliphatic carbocycles. The first-order valence-corrected chi connectivity index (χ1v) is 6.09. The summed E-state index contributed by atoms with van der Waals surface area (Å²) < 4.78 is 52.5. The molecule has 0 bridgehead atoms. The molecule has 0 aromatic heterocycles. The monoisotopic (exact) mass is 317 g/mol. The maximum atomic E-state index is 13.5. The predicted molar refractivity (Wildman–Crippen MR) is 70.4 cm³/mol. The van der Waals surface area contributed by atoms with Crippen LogP contribution in [0.5, 0.6) is 0 Å². The molecule has 7 heteroatoms. The molecule has 0 atom stereocenters. The van der Waals surface area contributed by atoms with Gasteiger partial charge < -0.3 is 5.32 Å². The largest absolute Gasteiger partial charge is 0.322 e. The van der Waals surface area contributed by atoms with Crippen LogP contribution in [0, 0.1) is 30.2 Å². The number of nitrogens with one attached hydrogen (secondary N) is 1. The first-order chi connectivity index (χ1) is 9.81. The molecule has 0 radical (unpaired) electrons. The molecule has 21 heavy (non-hydrogen) atoms. The highest BCUT2D eigenvalue weighted by Crippen LogP contribution is 2.23. The third-order valence-corrected chi connectivity index (χ3v) is 3.03. The molecule has 0 fully saturated rings. The Hall–Kier alpha value is -2.08. The number of carbonyl (C=O) groups is 1. The second-order valence-corrected chi connectivity index (χ2v) is 4.70. The van der Waals surface area contributed by atoms with Crippen LogP contribution in [0.4, 0.5) is 23.2 Å². The minimum atomic E-state index is -2.04. The summed E-state index contributed by atoms with van der Waals surface area (Å²) in [4.78, 5) is 11.9. The van der Waals surface area contributed by atoms with E-state index in [0.717, 1.165) is 0 Å². The molecule has 2 rings (SSSR count). The minimum Gasteiger partial charge on any atom is -0.322 e. The maximum absolute atomic E-state index is 13.5. The molecule has 110 valence electrons. The summed E-state index contributed by atoms with van der Waals surface area (Å²) >= 11 is 5.75. The van der Waals surface area contributed by atoms with Crippen molar-refractivity contribution in [3.63, 3.8) is 0 Å². The standard InChI is InChI=1S/C14H8ClF4NO/c1-6-2-3-7(15)4-10(6)20-14(21)8-5-9(16)12(18)13(19)11(8)17/h2-5H,1H3,(H,20,21). The lowest BCUT2D eigenvalue weighted by molar-refractivity contribution is 0.102. The van der Waals surface area contributed by atoms with E-state index >= 15 is 0 Å². The highest BCUT2D eigenvalue weighted by Gasteiger charge is 2.23. The highest BCUT2D eigenvalue weighted by molar-refractivity contribution is 6.31. The van der Waals surface area contributed by atoms with Crippen LogP contribution in [0.15, 0.2) is 24.3 Å². The molecular weight excluding hydrogens is 310 g/mol. The Kier molecular flexibility index (Phi) is 4.18. The summed E-state index contributed by atoms with van der Waals surface area (Å²) in [6.07, 6.45) is 0. The average Bonchev–Trinajstić information content (AvgIpc) is 2.44. The van der Waals surface area contributed by atoms with E-state index in [0.29, 0.717) is 16.7 Å². The Morgan fingerprint density at radius 3 is 2.38 bits per heavy atom. The van der Waals surface area contributed by atoms with Gasteiger partial charge in [0.15, 0.2) is 23.3 Å². The number of halogens is 5. The molecule has 1 N–H and O–H groups in total. The zero-order valence-electron chi connectivity index (χ0n) is 10.6. The predicted octanol–water partition coefficient (Wildman–Crippen LogP) is 4.46. The Morgan fingerprint density at radius 2 is 1.71 bits per heavy atom. The van der Waals surface area contributed by atoms with Crippen LogP contribution < -0.4 is 5.32 Å². The number of hydrogen-bond donors (Lipinski definition) is 1. The van der Waals surface area contributed by atoms with Crippen LogP contribution >= 0.6 is 11.6 Å². The molecule has 0 aliphatic rings. The summed E-state index contributed by atoms with van der Waals surface area (Å²) in [7, 11) is 0. The van der Waals surface area contributed by atoms with E-state index in [-0.39, 0.29) is 5.69 Å². The van der Waals surface area contributed by atoms with E-state index in [2.05, 4.69) is 5.32 Å². The van der Waals surface area contributed by atoms with Gasteiger partial charge in [0.05, 0.1) is 5.56 Å². The third-order valence-electron chi connectivity index (χ3n) is 2.80. The number of aryl methyl sites for hydroxylation is 1. The zero-order chi connectivity index (χ0) is 15.7. The van der Waals surface area contributed by atoms with Gasteiger partial charge in [-0.25, -0.2) is 17.6 Å². The van der Waals surface area contributed by atoms with Crippen molar-refractivity contribution in [1.82, 2.24) is 0 Å². The van der Waals surface area contributed by atoms with Gasteiger partial charge >= 0.3 is 0 Å². The Labute approximate surface area is 122 Å². The van der Waals surface area contributed by atoms with Gasteiger partial charge in [-0.3, -0.25) is 4.79 Å². The van der Waals surface area contributed by atoms with Crippen LogP contribution in [0.25, 0.3) is 0 Å². The van der Waals surface area contributed by atoms with Gasteiger partial charge in [0.25, 0.3) is 5.91 Å². The van der Waals surface area contributed by atoms with E-state index in [1.54, 1.807) is 19.1 Å². The van der Waals surface area contributed by atoms with Crippen molar-refractivity contribution < 1.29 is 22.4 Å². The van der Waals surface area contributed by atoms with Crippen molar-refractivity contribution in [1.29, 1.82) is 0 Å². The minimum absolute atomic E-state index is 0.247. The van der Waals surface area contributed by atoms with Crippen LogP contribution in [0.3, 0.4) is 0 Å². The summed E-state index contributed by atoms with van der Waals surface area (Å²) in [5.74, 6) is -8.53. The summed E-state index contributed by atoms with van der Waals surface area (Å²) in [5.41, 5.74) is -0.0842. The summed E-state index contributed by atoms with van der Waals surface area (Å²) in [6.45, 7) is 1.65. The molecule has 0 unspecified atom stereocenters. The van der Waals surface area contributed by atoms with E-state index in [4.69, 9.17) is 11.6 Å². The van der Waals surface area contributed by atoms with Crippen molar-refractivity contribution in [2.75, 3.05) is 5.32 Å². The third kappa shape index (κ3) is 3.00. The fraction of sp³-hybridized carbons (Fsp3) is 0.0714. The Bertz CT molecular complexity index is 733. The number of rotatable bonds is 2. The SMILES string of the molecule is Cc1ccc(Cl)cc1NC(=O)c1cc(F)c(F)c(F)c1F. The lowest BCUT2D eigenvalue weighted by Gasteiger charge is -2.10. The van der Waals surface area contributed by atoms with E-state index in [1.807, 2.05) is 0 Å². The molecule has 2 aromatic rings. The fourth-order valence-corrected chi connectivity index (χ4v) is 1.83. The number of benzene rings is 2. The van der Waals surface area contributed by atoms with Crippen molar-refractivity contribution in [2.45, 2.75) is 6.92 Å². The van der Waals surface area contributed by atoms with Gasteiger partial charge in [-0.1, -0.05) is 17.7 Å². The zero-order valence-corrected chi connectivity index (χ0v) is 11.4. The van der Waals surface area contributed by atoms with Crippen LogP contribution in [-0.4, -0.2) is 5.91 Å². The molecule has 0 saturated heterocycles. The topological polar surface area (TPSA) is 29.1 Å². The van der Waals surface area contributed by atoms with Crippen molar-refractivity contribution in [3.05, 3.63) is 63.7 Å². The van der Waals surface area contributed by atoms with Crippen LogP contribution in [-0.2, 0) is 0 Å². The maximum Gasteiger partial charge on any atom is 0.258 e. The van der Waals surface area contributed by atoms with Gasteiger partial charge in [0, 0.05) is 10.7 Å². The molecule has 2 nitrogen and oxygen atoms in total. The van der Waals surface area contributed by atoms with Crippen LogP contribution in [0.1, 0.15) is 15.9 Å². The molecule has 2 aromatic carbocycles. The average molecular weight is 318 g/mol. The van der Waals surface area contributed by atoms with Crippen molar-refractivity contribution in [2.24, 2.45) is 0 Å². The van der Waals surface area contributed by atoms with E-state index in [9.17, 15) is 22.4 Å². The van der Waals surface area contributed by atoms with Gasteiger partial charge in [-0.2, -0.15) is 0 Å². The van der Waals surface area contributed by atoms with Gasteiger partial charge in [0.1, 0.15) is 0 Å². The Morgan fingerprint density at radius 1 is 1.05 bits per heavy atom. The molecule has 0 saturated carbocycles. The smallest absolute Gasteiger partial charge is 0.258 e. The highest BCUT2D eigenvalue weighted by atomic mass is 35.5. The normalized spacial score (nSPS) is 10.6. The van der Waals surface area contributed by atoms with Gasteiger partial charge in [-0.15, -0.1) is 0 Å². The Balaban J connectivity index is 2.40. The lowest BCUT2D eigenvalue weighted by Crippen LogP contribution is -2.16. The van der Waals surface area contributed by atoms with Crippen molar-refractivity contribution in [3.8, 4) is 0 Å². The first kappa shape index (κ1) is 15.3. The second-order valence-electron chi connectivity index (χ2n) is 4.26. The number of hydrogen-bond acceptors (Lipinski definition) is 1.